The summed E-state index contributed by atoms with van der Waals surface area (Å²) >= 11 is 6.63. The minimum atomic E-state index is -0.0946. The van der Waals surface area contributed by atoms with Gasteiger partial charge in [-0.2, -0.15) is 4.99 Å². The molecule has 0 spiro atoms. The van der Waals surface area contributed by atoms with Gasteiger partial charge in [0, 0.05) is 5.92 Å². The highest BCUT2D eigenvalue weighted by Gasteiger charge is 2.30. The Morgan fingerprint density at radius 2 is 2.42 bits per heavy atom. The van der Waals surface area contributed by atoms with E-state index in [2.05, 4.69) is 15.5 Å². The molecule has 0 saturated heterocycles. The third kappa shape index (κ3) is 1.78. The summed E-state index contributed by atoms with van der Waals surface area (Å²) < 4.78 is 0.317. The smallest absolute Gasteiger partial charge is 0.251 e. The normalized spacial score (nSPS) is 25.4. The van der Waals surface area contributed by atoms with E-state index in [1.54, 1.807) is 0 Å². The number of carbonyl (C=O) groups excluding carboxylic acids is 1. The molecule has 2 aliphatic rings. The number of carbonyl (C=O) groups is 1. The van der Waals surface area contributed by atoms with Crippen molar-refractivity contribution in [1.82, 2.24) is 5.43 Å². The standard InChI is InChI=1S/C6H5ClN3OS/c7-5-9-10-6(12-5)8-4(11)3-1-2-3/h3H,1-2H2. The van der Waals surface area contributed by atoms with E-state index in [4.69, 9.17) is 11.6 Å². The molecule has 1 aliphatic carbocycles. The predicted molar refractivity (Wildman–Crippen MR) is 48.2 cm³/mol. The lowest BCUT2D eigenvalue weighted by molar-refractivity contribution is -0.118. The van der Waals surface area contributed by atoms with Gasteiger partial charge in [0.2, 0.25) is 5.17 Å². The first kappa shape index (κ1) is 8.07. The van der Waals surface area contributed by atoms with Crippen LogP contribution < -0.4 is 5.43 Å². The summed E-state index contributed by atoms with van der Waals surface area (Å²) in [5, 5.41) is 3.90. The van der Waals surface area contributed by atoms with Gasteiger partial charge < -0.3 is 0 Å². The van der Waals surface area contributed by atoms with Crippen molar-refractivity contribution in [2.75, 3.05) is 0 Å². The molecule has 0 bridgehead atoms. The average molecular weight is 203 g/mol. The Bertz CT molecular complexity index is 285. The summed E-state index contributed by atoms with van der Waals surface area (Å²) in [6.07, 6.45) is 1.91. The highest BCUT2D eigenvalue weighted by molar-refractivity contribution is 8.29. The van der Waals surface area contributed by atoms with Gasteiger partial charge in [-0.3, -0.25) is 4.79 Å². The zero-order valence-electron chi connectivity index (χ0n) is 6.03. The van der Waals surface area contributed by atoms with Crippen LogP contribution in [0.1, 0.15) is 12.8 Å². The number of hydrogen-bond acceptors (Lipinski definition) is 3. The van der Waals surface area contributed by atoms with Gasteiger partial charge in [0.15, 0.2) is 4.50 Å². The quantitative estimate of drug-likeness (QED) is 0.640. The Hall–Kier alpha value is -0.550. The first-order valence-corrected chi connectivity index (χ1v) is 4.70. The van der Waals surface area contributed by atoms with Crippen molar-refractivity contribution < 1.29 is 4.79 Å². The van der Waals surface area contributed by atoms with E-state index in [9.17, 15) is 4.79 Å². The van der Waals surface area contributed by atoms with Crippen molar-refractivity contribution >= 4 is 38.9 Å². The second-order valence-corrected chi connectivity index (χ2v) is 4.10. The minimum Gasteiger partial charge on any atom is -0.272 e. The van der Waals surface area contributed by atoms with Crippen molar-refractivity contribution in [1.29, 1.82) is 0 Å². The van der Waals surface area contributed by atoms with Gasteiger partial charge in [-0.15, -0.1) is 10.5 Å². The van der Waals surface area contributed by atoms with Crippen LogP contribution in [-0.2, 0) is 4.79 Å². The number of nitrogens with zero attached hydrogens (tertiary/aromatic N) is 3. The van der Waals surface area contributed by atoms with E-state index >= 15 is 0 Å². The van der Waals surface area contributed by atoms with Crippen LogP contribution in [0, 0.1) is 5.92 Å². The van der Waals surface area contributed by atoms with Crippen molar-refractivity contribution in [3.63, 3.8) is 0 Å². The molecule has 1 radical (unpaired) electrons. The van der Waals surface area contributed by atoms with Crippen molar-refractivity contribution in [2.45, 2.75) is 12.8 Å². The van der Waals surface area contributed by atoms with Crippen LogP contribution in [-0.4, -0.2) is 15.6 Å². The summed E-state index contributed by atoms with van der Waals surface area (Å²) in [5.74, 6) is 0.0375. The number of amides is 1. The molecule has 1 saturated carbocycles. The van der Waals surface area contributed by atoms with E-state index < -0.39 is 0 Å². The molecule has 0 aromatic heterocycles. The van der Waals surface area contributed by atoms with Crippen LogP contribution in [0.2, 0.25) is 0 Å². The molecule has 6 heteroatoms. The summed E-state index contributed by atoms with van der Waals surface area (Å²) in [6.45, 7) is 0. The van der Waals surface area contributed by atoms with E-state index in [-0.39, 0.29) is 11.8 Å². The van der Waals surface area contributed by atoms with Crippen LogP contribution in [0.15, 0.2) is 10.1 Å². The van der Waals surface area contributed by atoms with E-state index in [1.165, 1.54) is 0 Å². The summed E-state index contributed by atoms with van der Waals surface area (Å²) in [5.41, 5.74) is 3.62. The van der Waals surface area contributed by atoms with Crippen LogP contribution in [0.4, 0.5) is 0 Å². The molecule has 1 heterocycles. The summed E-state index contributed by atoms with van der Waals surface area (Å²) in [6, 6.07) is 0. The van der Waals surface area contributed by atoms with Crippen LogP contribution >= 0.6 is 23.4 Å². The summed E-state index contributed by atoms with van der Waals surface area (Å²) in [4.78, 5) is 14.9. The van der Waals surface area contributed by atoms with Gasteiger partial charge in [-0.1, -0.05) is 11.6 Å². The van der Waals surface area contributed by atoms with Gasteiger partial charge in [-0.25, -0.2) is 0 Å². The molecular formula is C6H5ClN3OS. The lowest BCUT2D eigenvalue weighted by atomic mass is 10.4. The molecular weight excluding hydrogens is 198 g/mol. The topological polar surface area (TPSA) is 55.9 Å². The van der Waals surface area contributed by atoms with Crippen LogP contribution in [0.25, 0.3) is 0 Å². The second kappa shape index (κ2) is 3.06. The van der Waals surface area contributed by atoms with Crippen LogP contribution in [0.5, 0.6) is 0 Å². The third-order valence-corrected chi connectivity index (χ3v) is 2.43. The Labute approximate surface area is 78.5 Å². The van der Waals surface area contributed by atoms with Gasteiger partial charge >= 0.3 is 0 Å². The van der Waals surface area contributed by atoms with Gasteiger partial charge in [-0.05, 0) is 24.6 Å². The highest BCUT2D eigenvalue weighted by Crippen LogP contribution is 2.30. The van der Waals surface area contributed by atoms with Crippen molar-refractivity contribution in [3.8, 4) is 0 Å². The van der Waals surface area contributed by atoms with E-state index in [0.717, 1.165) is 24.6 Å². The van der Waals surface area contributed by atoms with E-state index in [1.807, 2.05) is 0 Å². The largest absolute Gasteiger partial charge is 0.272 e. The molecule has 12 heavy (non-hydrogen) atoms. The fraction of sp³-hybridized carbons (Fsp3) is 0.500. The summed E-state index contributed by atoms with van der Waals surface area (Å²) in [7, 11) is 0. The molecule has 0 atom stereocenters. The first-order valence-electron chi connectivity index (χ1n) is 3.50. The lowest BCUT2D eigenvalue weighted by Gasteiger charge is -1.89. The molecule has 2 rings (SSSR count). The zero-order chi connectivity index (χ0) is 8.55. The number of aliphatic imine (C=N–C) groups is 1. The highest BCUT2D eigenvalue weighted by atomic mass is 35.5. The molecule has 0 N–H and O–H groups in total. The van der Waals surface area contributed by atoms with Crippen molar-refractivity contribution in [2.24, 2.45) is 16.0 Å². The average Bonchev–Trinajstić information content (AvgIpc) is 2.78. The van der Waals surface area contributed by atoms with Crippen LogP contribution in [0.3, 0.4) is 0 Å². The molecule has 1 amide bonds. The minimum absolute atomic E-state index is 0.0946. The Morgan fingerprint density at radius 1 is 1.67 bits per heavy atom. The first-order chi connectivity index (χ1) is 5.75. The van der Waals surface area contributed by atoms with Gasteiger partial charge in [0.1, 0.15) is 0 Å². The maximum atomic E-state index is 11.1. The van der Waals surface area contributed by atoms with Gasteiger partial charge in [0.05, 0.1) is 0 Å². The van der Waals surface area contributed by atoms with E-state index in [0.29, 0.717) is 9.67 Å². The maximum Gasteiger partial charge on any atom is 0.251 e. The zero-order valence-corrected chi connectivity index (χ0v) is 7.60. The number of amidine groups is 1. The fourth-order valence-corrected chi connectivity index (χ4v) is 1.45. The second-order valence-electron chi connectivity index (χ2n) is 2.56. The Kier molecular flexibility index (Phi) is 2.06. The number of rotatable bonds is 1. The molecule has 4 nitrogen and oxygen atoms in total. The molecule has 1 aliphatic heterocycles. The number of halogens is 1. The molecule has 0 aromatic rings. The Balaban J connectivity index is 1.96. The third-order valence-electron chi connectivity index (χ3n) is 1.52. The number of thioether (sulfide) groups is 1. The predicted octanol–water partition coefficient (Wildman–Crippen LogP) is 1.14. The molecule has 1 fully saturated rings. The van der Waals surface area contributed by atoms with Crippen molar-refractivity contribution in [3.05, 3.63) is 0 Å². The van der Waals surface area contributed by atoms with Gasteiger partial charge in [0.25, 0.3) is 5.91 Å². The Morgan fingerprint density at radius 3 is 2.92 bits per heavy atom. The molecule has 0 unspecified atom stereocenters. The number of hydrogen-bond donors (Lipinski definition) is 0. The molecule has 63 valence electrons. The lowest BCUT2D eigenvalue weighted by Crippen LogP contribution is -2.05. The molecule has 0 aromatic carbocycles. The maximum absolute atomic E-state index is 11.1. The monoisotopic (exact) mass is 202 g/mol. The fourth-order valence-electron chi connectivity index (χ4n) is 0.759. The SMILES string of the molecule is O=C(N=C1[N]N=C(Cl)S1)C1CC1.